The lowest BCUT2D eigenvalue weighted by atomic mass is 9.90. The van der Waals surface area contributed by atoms with Gasteiger partial charge in [0.25, 0.3) is 0 Å². The van der Waals surface area contributed by atoms with E-state index in [9.17, 15) is 9.18 Å². The normalized spacial score (nSPS) is 18.2. The fraction of sp³-hybridized carbons (Fsp3) is 0.438. The number of hydrogen-bond acceptors (Lipinski definition) is 1. The predicted octanol–water partition coefficient (Wildman–Crippen LogP) is 3.77. The molecule has 0 saturated carbocycles. The van der Waals surface area contributed by atoms with Crippen LogP contribution in [0.1, 0.15) is 44.1 Å². The minimum absolute atomic E-state index is 0.0649. The average molecular weight is 276 g/mol. The van der Waals surface area contributed by atoms with E-state index in [-0.39, 0.29) is 11.7 Å². The molecule has 1 unspecified atom stereocenters. The van der Waals surface area contributed by atoms with Crippen LogP contribution in [0.25, 0.3) is 0 Å². The number of urea groups is 1. The van der Waals surface area contributed by atoms with Gasteiger partial charge in [0.2, 0.25) is 0 Å². The van der Waals surface area contributed by atoms with Crippen molar-refractivity contribution >= 4 is 6.03 Å². The quantitative estimate of drug-likeness (QED) is 0.818. The van der Waals surface area contributed by atoms with Crippen LogP contribution in [0.2, 0.25) is 0 Å². The number of primary amides is 1. The summed E-state index contributed by atoms with van der Waals surface area (Å²) in [5.74, 6) is -0.178. The van der Waals surface area contributed by atoms with Crippen molar-refractivity contribution in [3.8, 4) is 0 Å². The smallest absolute Gasteiger partial charge is 0.318 e. The first-order valence-electron chi connectivity index (χ1n) is 7.14. The number of amides is 2. The number of rotatable bonds is 5. The van der Waals surface area contributed by atoms with Gasteiger partial charge in [0.05, 0.1) is 0 Å². The number of halogens is 1. The van der Waals surface area contributed by atoms with Gasteiger partial charge < -0.3 is 10.6 Å². The number of benzene rings is 1. The largest absolute Gasteiger partial charge is 0.351 e. The third-order valence-corrected chi connectivity index (χ3v) is 3.75. The molecule has 0 bridgehead atoms. The molecule has 1 aliphatic rings. The molecule has 2 N–H and O–H groups in total. The first-order chi connectivity index (χ1) is 9.61. The molecule has 0 saturated heterocycles. The Labute approximate surface area is 119 Å². The van der Waals surface area contributed by atoms with Crippen molar-refractivity contribution < 1.29 is 9.18 Å². The van der Waals surface area contributed by atoms with E-state index in [4.69, 9.17) is 5.73 Å². The first kappa shape index (κ1) is 14.6. The van der Waals surface area contributed by atoms with Crippen LogP contribution in [0.5, 0.6) is 0 Å². The summed E-state index contributed by atoms with van der Waals surface area (Å²) in [4.78, 5) is 12.9. The number of carbonyl (C=O) groups excluding carboxylic acids is 1. The molecule has 108 valence electrons. The number of hydrogen-bond donors (Lipinski definition) is 1. The molecule has 4 heteroatoms. The summed E-state index contributed by atoms with van der Waals surface area (Å²) in [5.41, 5.74) is 7.44. The minimum atomic E-state index is -0.447. The van der Waals surface area contributed by atoms with Crippen molar-refractivity contribution in [1.82, 2.24) is 4.90 Å². The Kier molecular flexibility index (Phi) is 4.77. The summed E-state index contributed by atoms with van der Waals surface area (Å²) in [6, 6.07) is 6.15. The molecule has 1 aromatic carbocycles. The number of nitrogens with zero attached hydrogens (tertiary/aromatic N) is 1. The summed E-state index contributed by atoms with van der Waals surface area (Å²) in [7, 11) is 0. The first-order valence-corrected chi connectivity index (χ1v) is 7.14. The van der Waals surface area contributed by atoms with Crippen molar-refractivity contribution in [3.63, 3.8) is 0 Å². The van der Waals surface area contributed by atoms with Gasteiger partial charge in [0.15, 0.2) is 0 Å². The molecule has 20 heavy (non-hydrogen) atoms. The van der Waals surface area contributed by atoms with Crippen molar-refractivity contribution in [3.05, 3.63) is 47.4 Å². The summed E-state index contributed by atoms with van der Waals surface area (Å²) in [6.07, 6.45) is 6.16. The topological polar surface area (TPSA) is 46.3 Å². The molecule has 0 aromatic heterocycles. The Balaban J connectivity index is 2.17. The molecule has 2 rings (SSSR count). The zero-order chi connectivity index (χ0) is 14.5. The molecule has 1 aliphatic heterocycles. The maximum Gasteiger partial charge on any atom is 0.318 e. The van der Waals surface area contributed by atoms with E-state index in [1.165, 1.54) is 16.5 Å². The lowest BCUT2D eigenvalue weighted by molar-refractivity contribution is 0.226. The third-order valence-electron chi connectivity index (χ3n) is 3.75. The predicted molar refractivity (Wildman–Crippen MR) is 77.7 cm³/mol. The van der Waals surface area contributed by atoms with E-state index in [1.54, 1.807) is 12.1 Å². The minimum Gasteiger partial charge on any atom is -0.351 e. The van der Waals surface area contributed by atoms with Crippen molar-refractivity contribution in [2.24, 2.45) is 5.73 Å². The van der Waals surface area contributed by atoms with E-state index >= 15 is 0 Å². The van der Waals surface area contributed by atoms with Crippen LogP contribution < -0.4 is 5.73 Å². The standard InChI is InChI=1S/C16H21FN2O/c1-2-3-4-6-13-10-19(16(18)20)11-15(13)12-7-5-8-14(17)9-12/h5,7-10,15H,2-4,6,11H2,1H3,(H2,18,20). The molecule has 0 spiro atoms. The summed E-state index contributed by atoms with van der Waals surface area (Å²) in [6.45, 7) is 2.67. The molecule has 0 fully saturated rings. The molecular weight excluding hydrogens is 255 g/mol. The zero-order valence-corrected chi connectivity index (χ0v) is 11.8. The van der Waals surface area contributed by atoms with Gasteiger partial charge in [-0.25, -0.2) is 9.18 Å². The van der Waals surface area contributed by atoms with Crippen LogP contribution >= 0.6 is 0 Å². The molecule has 1 aromatic rings. The van der Waals surface area contributed by atoms with Gasteiger partial charge in [-0.15, -0.1) is 0 Å². The summed E-state index contributed by atoms with van der Waals surface area (Å²) >= 11 is 0. The van der Waals surface area contributed by atoms with Crippen molar-refractivity contribution in [1.29, 1.82) is 0 Å². The summed E-state index contributed by atoms with van der Waals surface area (Å²) in [5, 5.41) is 0. The number of unbranched alkanes of at least 4 members (excludes halogenated alkanes) is 2. The second kappa shape index (κ2) is 6.55. The van der Waals surface area contributed by atoms with Gasteiger partial charge in [-0.3, -0.25) is 0 Å². The number of carbonyl (C=O) groups is 1. The zero-order valence-electron chi connectivity index (χ0n) is 11.8. The second-order valence-electron chi connectivity index (χ2n) is 5.26. The highest BCUT2D eigenvalue weighted by Crippen LogP contribution is 2.34. The van der Waals surface area contributed by atoms with Crippen molar-refractivity contribution in [2.45, 2.75) is 38.5 Å². The maximum absolute atomic E-state index is 13.4. The Hall–Kier alpha value is -1.84. The molecule has 3 nitrogen and oxygen atoms in total. The van der Waals surface area contributed by atoms with E-state index in [2.05, 4.69) is 6.92 Å². The highest BCUT2D eigenvalue weighted by molar-refractivity contribution is 5.74. The van der Waals surface area contributed by atoms with E-state index < -0.39 is 6.03 Å². The van der Waals surface area contributed by atoms with Gasteiger partial charge in [0.1, 0.15) is 5.82 Å². The molecule has 1 atom stereocenters. The lowest BCUT2D eigenvalue weighted by Crippen LogP contribution is -2.30. The van der Waals surface area contributed by atoms with Gasteiger partial charge in [-0.1, -0.05) is 31.9 Å². The monoisotopic (exact) mass is 276 g/mol. The maximum atomic E-state index is 13.4. The molecular formula is C16H21FN2O. The SMILES string of the molecule is CCCCCC1=CN(C(N)=O)CC1c1cccc(F)c1. The highest BCUT2D eigenvalue weighted by Gasteiger charge is 2.27. The van der Waals surface area contributed by atoms with Crippen LogP contribution in [-0.4, -0.2) is 17.5 Å². The van der Waals surface area contributed by atoms with Crippen LogP contribution in [0, 0.1) is 5.82 Å². The van der Waals surface area contributed by atoms with Gasteiger partial charge in [-0.2, -0.15) is 0 Å². The van der Waals surface area contributed by atoms with Gasteiger partial charge in [-0.05, 0) is 36.1 Å². The second-order valence-corrected chi connectivity index (χ2v) is 5.26. The van der Waals surface area contributed by atoms with E-state index in [0.29, 0.717) is 6.54 Å². The van der Waals surface area contributed by atoms with E-state index in [1.807, 2.05) is 12.3 Å². The molecule has 0 radical (unpaired) electrons. The van der Waals surface area contributed by atoms with Crippen molar-refractivity contribution in [2.75, 3.05) is 6.54 Å². The fourth-order valence-electron chi connectivity index (χ4n) is 2.67. The Morgan fingerprint density at radius 1 is 1.45 bits per heavy atom. The lowest BCUT2D eigenvalue weighted by Gasteiger charge is -2.16. The highest BCUT2D eigenvalue weighted by atomic mass is 19.1. The van der Waals surface area contributed by atoms with E-state index in [0.717, 1.165) is 31.2 Å². The fourth-order valence-corrected chi connectivity index (χ4v) is 2.67. The molecule has 2 amide bonds. The van der Waals surface area contributed by atoms with Crippen LogP contribution in [0.15, 0.2) is 36.0 Å². The molecule has 1 heterocycles. The Bertz CT molecular complexity index is 513. The van der Waals surface area contributed by atoms with Crippen LogP contribution in [-0.2, 0) is 0 Å². The average Bonchev–Trinajstić information content (AvgIpc) is 2.83. The third kappa shape index (κ3) is 3.38. The Morgan fingerprint density at radius 3 is 2.90 bits per heavy atom. The number of nitrogens with two attached hydrogens (primary N) is 1. The van der Waals surface area contributed by atoms with Crippen LogP contribution in [0.3, 0.4) is 0 Å². The molecule has 0 aliphatic carbocycles. The van der Waals surface area contributed by atoms with Gasteiger partial charge >= 0.3 is 6.03 Å². The van der Waals surface area contributed by atoms with Crippen LogP contribution in [0.4, 0.5) is 9.18 Å². The summed E-state index contributed by atoms with van der Waals surface area (Å²) < 4.78 is 13.4. The van der Waals surface area contributed by atoms with Gasteiger partial charge in [0, 0.05) is 18.7 Å². The Morgan fingerprint density at radius 2 is 2.25 bits per heavy atom.